The SMILES string of the molecule is Cl.O=C(O)CCN1CCOC(c2ccc(OCc3c(F)cccc3Cl)c(Cl)c2)C1. The largest absolute Gasteiger partial charge is 0.487 e. The minimum Gasteiger partial charge on any atom is -0.487 e. The molecule has 0 saturated carbocycles. The standard InChI is InChI=1S/C20H20Cl2FNO4.ClH/c21-15-2-1-3-17(23)14(15)12-28-18-5-4-13(10-16(18)22)19-11-24(8-9-27-19)7-6-20(25)26;/h1-5,10,19H,6-9,11-12H2,(H,25,26);1H. The Kier molecular flexibility index (Phi) is 8.99. The number of ether oxygens (including phenoxy) is 2. The summed E-state index contributed by atoms with van der Waals surface area (Å²) in [6.07, 6.45) is -0.103. The minimum atomic E-state index is -0.817. The Labute approximate surface area is 184 Å². The van der Waals surface area contributed by atoms with Gasteiger partial charge in [0.05, 0.1) is 29.2 Å². The zero-order chi connectivity index (χ0) is 20.1. The number of aliphatic carboxylic acids is 1. The maximum atomic E-state index is 13.9. The lowest BCUT2D eigenvalue weighted by Gasteiger charge is -2.33. The highest BCUT2D eigenvalue weighted by Crippen LogP contribution is 2.32. The van der Waals surface area contributed by atoms with Gasteiger partial charge in [0.15, 0.2) is 0 Å². The summed E-state index contributed by atoms with van der Waals surface area (Å²) < 4.78 is 25.3. The summed E-state index contributed by atoms with van der Waals surface area (Å²) in [5.41, 5.74) is 1.15. The summed E-state index contributed by atoms with van der Waals surface area (Å²) in [5.74, 6) is -0.830. The van der Waals surface area contributed by atoms with E-state index in [1.807, 2.05) is 6.07 Å². The quantitative estimate of drug-likeness (QED) is 0.626. The maximum Gasteiger partial charge on any atom is 0.304 e. The second kappa shape index (κ2) is 11.0. The number of morpholine rings is 1. The molecule has 158 valence electrons. The van der Waals surface area contributed by atoms with Crippen molar-refractivity contribution in [3.63, 3.8) is 0 Å². The van der Waals surface area contributed by atoms with Crippen molar-refractivity contribution in [2.45, 2.75) is 19.1 Å². The van der Waals surface area contributed by atoms with E-state index in [0.717, 1.165) is 5.56 Å². The first-order valence-electron chi connectivity index (χ1n) is 8.85. The summed E-state index contributed by atoms with van der Waals surface area (Å²) in [6.45, 7) is 2.25. The summed E-state index contributed by atoms with van der Waals surface area (Å²) in [4.78, 5) is 12.8. The molecule has 0 aliphatic carbocycles. The van der Waals surface area contributed by atoms with Crippen LogP contribution in [0.4, 0.5) is 4.39 Å². The number of hydrogen-bond donors (Lipinski definition) is 1. The van der Waals surface area contributed by atoms with Crippen molar-refractivity contribution in [2.75, 3.05) is 26.2 Å². The summed E-state index contributed by atoms with van der Waals surface area (Å²) in [5, 5.41) is 9.52. The number of carbonyl (C=O) groups is 1. The molecular formula is C20H21Cl3FNO4. The van der Waals surface area contributed by atoms with Gasteiger partial charge in [0.25, 0.3) is 0 Å². The third-order valence-electron chi connectivity index (χ3n) is 4.55. The van der Waals surface area contributed by atoms with Crippen molar-refractivity contribution in [2.24, 2.45) is 0 Å². The number of rotatable bonds is 7. The van der Waals surface area contributed by atoms with E-state index in [2.05, 4.69) is 4.90 Å². The van der Waals surface area contributed by atoms with Gasteiger partial charge in [-0.15, -0.1) is 12.4 Å². The van der Waals surface area contributed by atoms with Crippen LogP contribution in [0.1, 0.15) is 23.7 Å². The third kappa shape index (κ3) is 6.46. The number of carboxylic acid groups (broad SMARTS) is 1. The third-order valence-corrected chi connectivity index (χ3v) is 5.20. The van der Waals surface area contributed by atoms with E-state index in [9.17, 15) is 9.18 Å². The topological polar surface area (TPSA) is 59.0 Å². The van der Waals surface area contributed by atoms with Crippen LogP contribution in [0.25, 0.3) is 0 Å². The first-order valence-corrected chi connectivity index (χ1v) is 9.60. The van der Waals surface area contributed by atoms with Crippen LogP contribution >= 0.6 is 35.6 Å². The fourth-order valence-corrected chi connectivity index (χ4v) is 3.48. The fraction of sp³-hybridized carbons (Fsp3) is 0.350. The first-order chi connectivity index (χ1) is 13.4. The molecule has 0 aromatic heterocycles. The first kappa shape index (κ1) is 23.7. The van der Waals surface area contributed by atoms with Crippen LogP contribution in [-0.4, -0.2) is 42.2 Å². The molecule has 2 aromatic carbocycles. The molecule has 0 amide bonds. The van der Waals surface area contributed by atoms with E-state index in [4.69, 9.17) is 37.8 Å². The molecule has 9 heteroatoms. The molecule has 0 spiro atoms. The molecule has 1 atom stereocenters. The minimum absolute atomic E-state index is 0. The van der Waals surface area contributed by atoms with Gasteiger partial charge in [-0.1, -0.05) is 35.3 Å². The van der Waals surface area contributed by atoms with Crippen molar-refractivity contribution in [1.82, 2.24) is 4.90 Å². The molecule has 1 heterocycles. The zero-order valence-corrected chi connectivity index (χ0v) is 17.8. The van der Waals surface area contributed by atoms with Gasteiger partial charge in [0.2, 0.25) is 0 Å². The number of hydrogen-bond acceptors (Lipinski definition) is 4. The Bertz CT molecular complexity index is 832. The van der Waals surface area contributed by atoms with E-state index in [1.54, 1.807) is 18.2 Å². The Balaban J connectivity index is 0.00000300. The molecule has 1 aliphatic heterocycles. The number of nitrogens with zero attached hydrogens (tertiary/aromatic N) is 1. The molecule has 29 heavy (non-hydrogen) atoms. The van der Waals surface area contributed by atoms with Crippen LogP contribution in [0.3, 0.4) is 0 Å². The van der Waals surface area contributed by atoms with E-state index in [0.29, 0.717) is 42.0 Å². The molecular weight excluding hydrogens is 444 g/mol. The van der Waals surface area contributed by atoms with Crippen molar-refractivity contribution >= 4 is 41.6 Å². The van der Waals surface area contributed by atoms with Crippen LogP contribution in [0.5, 0.6) is 5.75 Å². The van der Waals surface area contributed by atoms with Crippen molar-refractivity contribution < 1.29 is 23.8 Å². The molecule has 1 aliphatic rings. The second-order valence-electron chi connectivity index (χ2n) is 6.48. The van der Waals surface area contributed by atoms with Crippen molar-refractivity contribution in [3.05, 3.63) is 63.4 Å². The van der Waals surface area contributed by atoms with Gasteiger partial charge >= 0.3 is 5.97 Å². The Morgan fingerprint density at radius 1 is 1.28 bits per heavy atom. The predicted octanol–water partition coefficient (Wildman–Crippen LogP) is 4.98. The average Bonchev–Trinajstić information content (AvgIpc) is 2.67. The summed E-state index contributed by atoms with van der Waals surface area (Å²) in [6, 6.07) is 9.77. The van der Waals surface area contributed by atoms with Gasteiger partial charge in [-0.25, -0.2) is 4.39 Å². The predicted molar refractivity (Wildman–Crippen MR) is 112 cm³/mol. The Morgan fingerprint density at radius 3 is 2.76 bits per heavy atom. The summed E-state index contributed by atoms with van der Waals surface area (Å²) in [7, 11) is 0. The Morgan fingerprint density at radius 2 is 2.07 bits per heavy atom. The van der Waals surface area contributed by atoms with Gasteiger partial charge in [-0.05, 0) is 29.8 Å². The summed E-state index contributed by atoms with van der Waals surface area (Å²) >= 11 is 12.3. The van der Waals surface area contributed by atoms with Crippen LogP contribution in [0, 0.1) is 5.82 Å². The van der Waals surface area contributed by atoms with Gasteiger partial charge in [0.1, 0.15) is 18.2 Å². The van der Waals surface area contributed by atoms with Gasteiger partial charge in [-0.2, -0.15) is 0 Å². The molecule has 1 saturated heterocycles. The smallest absolute Gasteiger partial charge is 0.304 e. The number of halogens is 4. The van der Waals surface area contributed by atoms with Crippen LogP contribution in [0.15, 0.2) is 36.4 Å². The zero-order valence-electron chi connectivity index (χ0n) is 15.4. The molecule has 1 unspecified atom stereocenters. The van der Waals surface area contributed by atoms with E-state index >= 15 is 0 Å². The monoisotopic (exact) mass is 463 g/mol. The van der Waals surface area contributed by atoms with E-state index in [1.165, 1.54) is 12.1 Å². The van der Waals surface area contributed by atoms with Gasteiger partial charge in [0, 0.05) is 25.2 Å². The van der Waals surface area contributed by atoms with Crippen molar-refractivity contribution in [1.29, 1.82) is 0 Å². The van der Waals surface area contributed by atoms with E-state index < -0.39 is 11.8 Å². The normalized spacial score (nSPS) is 16.9. The fourth-order valence-electron chi connectivity index (χ4n) is 3.02. The number of carboxylic acids is 1. The lowest BCUT2D eigenvalue weighted by molar-refractivity contribution is -0.137. The molecule has 0 bridgehead atoms. The molecule has 1 N–H and O–H groups in total. The second-order valence-corrected chi connectivity index (χ2v) is 7.30. The Hall–Kier alpha value is -1.57. The van der Waals surface area contributed by atoms with Crippen LogP contribution in [0.2, 0.25) is 10.0 Å². The van der Waals surface area contributed by atoms with Gasteiger partial charge < -0.3 is 14.6 Å². The highest BCUT2D eigenvalue weighted by molar-refractivity contribution is 6.32. The lowest BCUT2D eigenvalue weighted by Crippen LogP contribution is -2.39. The number of benzene rings is 2. The molecule has 1 fully saturated rings. The highest BCUT2D eigenvalue weighted by atomic mass is 35.5. The molecule has 3 rings (SSSR count). The van der Waals surface area contributed by atoms with Gasteiger partial charge in [-0.3, -0.25) is 9.69 Å². The highest BCUT2D eigenvalue weighted by Gasteiger charge is 2.23. The maximum absolute atomic E-state index is 13.9. The average molecular weight is 465 g/mol. The van der Waals surface area contributed by atoms with E-state index in [-0.39, 0.29) is 37.1 Å². The lowest BCUT2D eigenvalue weighted by atomic mass is 10.1. The van der Waals surface area contributed by atoms with Crippen LogP contribution in [-0.2, 0) is 16.1 Å². The van der Waals surface area contributed by atoms with Crippen molar-refractivity contribution in [3.8, 4) is 5.75 Å². The van der Waals surface area contributed by atoms with Crippen LogP contribution < -0.4 is 4.74 Å². The molecule has 0 radical (unpaired) electrons. The molecule has 2 aromatic rings. The molecule has 5 nitrogen and oxygen atoms in total.